The Bertz CT molecular complexity index is 246. The third kappa shape index (κ3) is 7.37. The van der Waals surface area contributed by atoms with E-state index >= 15 is 0 Å². The van der Waals surface area contributed by atoms with Crippen LogP contribution in [-0.2, 0) is 0 Å². The summed E-state index contributed by atoms with van der Waals surface area (Å²) in [4.78, 5) is 0. The quantitative estimate of drug-likeness (QED) is 0.453. The summed E-state index contributed by atoms with van der Waals surface area (Å²) in [6.07, 6.45) is 10.3. The van der Waals surface area contributed by atoms with Gasteiger partial charge >= 0.3 is 104 Å². The van der Waals surface area contributed by atoms with E-state index < -0.39 is 0 Å². The average Bonchev–Trinajstić information content (AvgIpc) is 2.34. The van der Waals surface area contributed by atoms with Gasteiger partial charge in [-0.3, -0.25) is 0 Å². The van der Waals surface area contributed by atoms with Crippen LogP contribution in [0.3, 0.4) is 0 Å². The van der Waals surface area contributed by atoms with Gasteiger partial charge in [0.25, 0.3) is 0 Å². The van der Waals surface area contributed by atoms with E-state index in [1.807, 2.05) is 0 Å². The standard InChI is InChI=1S/C14H26P2/c1-2-3-4-5-6-10-13-15-16-14-11-8-7-9-12-14/h7-9,11-12,16H,2-6,10,13H2,1,15H3. The molecule has 0 fully saturated rings. The number of hydrogen-bond acceptors (Lipinski definition) is 0. The third-order valence-electron chi connectivity index (χ3n) is 2.88. The van der Waals surface area contributed by atoms with Crippen molar-refractivity contribution >= 4 is 21.8 Å². The van der Waals surface area contributed by atoms with Gasteiger partial charge in [-0.15, -0.1) is 0 Å². The molecule has 0 aliphatic carbocycles. The van der Waals surface area contributed by atoms with Crippen LogP contribution < -0.4 is 5.30 Å². The van der Waals surface area contributed by atoms with Crippen molar-refractivity contribution in [2.24, 2.45) is 0 Å². The van der Waals surface area contributed by atoms with Crippen LogP contribution in [-0.4, -0.2) is 6.16 Å². The van der Waals surface area contributed by atoms with Crippen molar-refractivity contribution in [3.8, 4) is 0 Å². The maximum atomic E-state index is 2.29. The second-order valence-corrected chi connectivity index (χ2v) is 9.11. The Balaban J connectivity index is 1.89. The van der Waals surface area contributed by atoms with Crippen molar-refractivity contribution in [1.82, 2.24) is 0 Å². The van der Waals surface area contributed by atoms with E-state index in [0.29, 0.717) is 0 Å². The monoisotopic (exact) mass is 256 g/mol. The van der Waals surface area contributed by atoms with E-state index in [-0.39, 0.29) is 8.27 Å². The Labute approximate surface area is 104 Å². The fourth-order valence-electron chi connectivity index (χ4n) is 1.87. The molecule has 0 aliphatic heterocycles. The summed E-state index contributed by atoms with van der Waals surface area (Å²) in [6, 6.07) is 11.0. The molecule has 0 nitrogen and oxygen atoms in total. The van der Waals surface area contributed by atoms with Crippen LogP contribution in [0.4, 0.5) is 0 Å². The number of hydrogen-bond donors (Lipinski definition) is 0. The molecule has 0 bridgehead atoms. The molecule has 0 saturated carbocycles. The first-order valence-electron chi connectivity index (χ1n) is 6.72. The average molecular weight is 256 g/mol. The normalized spacial score (nSPS) is 11.6. The first-order chi connectivity index (χ1) is 7.93. The zero-order valence-corrected chi connectivity index (χ0v) is 13.0. The second kappa shape index (κ2) is 10.2. The van der Waals surface area contributed by atoms with Gasteiger partial charge in [-0.2, -0.15) is 0 Å². The summed E-state index contributed by atoms with van der Waals surface area (Å²) >= 11 is 0. The molecule has 0 radical (unpaired) electrons. The molecule has 92 valence electrons. The fourth-order valence-corrected chi connectivity index (χ4v) is 6.22. The van der Waals surface area contributed by atoms with Crippen molar-refractivity contribution in [3.63, 3.8) is 0 Å². The Hall–Kier alpha value is 0.0800. The summed E-state index contributed by atoms with van der Waals surface area (Å²) < 4.78 is 0. The van der Waals surface area contributed by atoms with E-state index in [4.69, 9.17) is 0 Å². The Morgan fingerprint density at radius 3 is 2.38 bits per heavy atom. The predicted molar refractivity (Wildman–Crippen MR) is 83.7 cm³/mol. The summed E-state index contributed by atoms with van der Waals surface area (Å²) in [7, 11) is 1.36. The molecule has 1 aromatic rings. The van der Waals surface area contributed by atoms with Gasteiger partial charge in [-0.05, 0) is 0 Å². The number of rotatable bonds is 9. The van der Waals surface area contributed by atoms with E-state index in [2.05, 4.69) is 37.3 Å². The van der Waals surface area contributed by atoms with Crippen LogP contribution in [0.15, 0.2) is 30.3 Å². The Morgan fingerprint density at radius 2 is 1.62 bits per heavy atom. The van der Waals surface area contributed by atoms with E-state index in [0.717, 1.165) is 8.27 Å². The van der Waals surface area contributed by atoms with Gasteiger partial charge in [0, 0.05) is 0 Å². The van der Waals surface area contributed by atoms with Crippen LogP contribution in [0.25, 0.3) is 0 Å². The molecular weight excluding hydrogens is 230 g/mol. The summed E-state index contributed by atoms with van der Waals surface area (Å²) in [5, 5.41) is 1.58. The molecular formula is C14H26P2. The zero-order valence-electron chi connectivity index (χ0n) is 10.5. The van der Waals surface area contributed by atoms with Gasteiger partial charge in [0.2, 0.25) is 0 Å². The third-order valence-corrected chi connectivity index (χ3v) is 7.76. The molecule has 1 atom stereocenters. The minimum absolute atomic E-state index is 0.201. The van der Waals surface area contributed by atoms with Crippen molar-refractivity contribution < 1.29 is 0 Å². The van der Waals surface area contributed by atoms with Gasteiger partial charge in [-0.25, -0.2) is 0 Å². The second-order valence-electron chi connectivity index (χ2n) is 4.41. The molecule has 0 N–H and O–H groups in total. The number of unbranched alkanes of at least 4 members (excludes halogenated alkanes) is 5. The van der Waals surface area contributed by atoms with Crippen molar-refractivity contribution in [2.75, 3.05) is 6.16 Å². The maximum absolute atomic E-state index is 2.29. The molecule has 2 heteroatoms. The summed E-state index contributed by atoms with van der Waals surface area (Å²) in [5.74, 6) is 0. The van der Waals surface area contributed by atoms with Crippen LogP contribution in [0, 0.1) is 0 Å². The zero-order chi connectivity index (χ0) is 11.5. The molecule has 0 aliphatic rings. The molecule has 1 aromatic carbocycles. The molecule has 0 heterocycles. The molecule has 16 heavy (non-hydrogen) atoms. The van der Waals surface area contributed by atoms with E-state index in [9.17, 15) is 0 Å². The van der Waals surface area contributed by atoms with Crippen LogP contribution in [0.1, 0.15) is 45.4 Å². The first kappa shape index (κ1) is 14.1. The topological polar surface area (TPSA) is 0 Å². The molecule has 0 amide bonds. The summed E-state index contributed by atoms with van der Waals surface area (Å²) in [5.41, 5.74) is 0. The van der Waals surface area contributed by atoms with Crippen molar-refractivity contribution in [2.45, 2.75) is 45.4 Å². The molecule has 1 unspecified atom stereocenters. The predicted octanol–water partition coefficient (Wildman–Crippen LogP) is 4.41. The number of benzene rings is 1. The van der Waals surface area contributed by atoms with Crippen molar-refractivity contribution in [1.29, 1.82) is 0 Å². The molecule has 0 saturated heterocycles. The summed E-state index contributed by atoms with van der Waals surface area (Å²) in [6.45, 7) is 2.29. The van der Waals surface area contributed by atoms with E-state index in [1.165, 1.54) is 38.5 Å². The fraction of sp³-hybridized carbons (Fsp3) is 0.571. The minimum atomic E-state index is 0.201. The van der Waals surface area contributed by atoms with E-state index in [1.54, 1.807) is 11.5 Å². The Morgan fingerprint density at radius 1 is 0.938 bits per heavy atom. The van der Waals surface area contributed by atoms with Gasteiger partial charge in [0.05, 0.1) is 0 Å². The van der Waals surface area contributed by atoms with Crippen LogP contribution in [0.5, 0.6) is 0 Å². The molecule has 1 rings (SSSR count). The van der Waals surface area contributed by atoms with Gasteiger partial charge in [-0.1, -0.05) is 0 Å². The van der Waals surface area contributed by atoms with Crippen LogP contribution >= 0.6 is 16.5 Å². The van der Waals surface area contributed by atoms with Crippen LogP contribution in [0.2, 0.25) is 0 Å². The molecule has 0 aromatic heterocycles. The van der Waals surface area contributed by atoms with Gasteiger partial charge in [0.15, 0.2) is 0 Å². The van der Waals surface area contributed by atoms with Crippen molar-refractivity contribution in [3.05, 3.63) is 30.3 Å². The van der Waals surface area contributed by atoms with Gasteiger partial charge in [0.1, 0.15) is 0 Å². The Kier molecular flexibility index (Phi) is 9.06. The van der Waals surface area contributed by atoms with Gasteiger partial charge < -0.3 is 0 Å². The SMILES string of the molecule is CCCCCCCC[PH3]Pc1ccccc1. The molecule has 0 spiro atoms. The first-order valence-corrected chi connectivity index (χ1v) is 11.0.